The summed E-state index contributed by atoms with van der Waals surface area (Å²) < 4.78 is 10.7. The van der Waals surface area contributed by atoms with Crippen molar-refractivity contribution in [2.45, 2.75) is 13.0 Å². The Balaban J connectivity index is 2.30. The molecule has 1 unspecified atom stereocenters. The number of halogens is 1. The number of ether oxygens (including phenoxy) is 2. The lowest BCUT2D eigenvalue weighted by Gasteiger charge is -2.22. The summed E-state index contributed by atoms with van der Waals surface area (Å²) in [5.41, 5.74) is 0. The molecule has 0 saturated carbocycles. The third kappa shape index (κ3) is 4.96. The lowest BCUT2D eigenvalue weighted by molar-refractivity contribution is 0.211. The molecule has 96 valence electrons. The van der Waals surface area contributed by atoms with Gasteiger partial charge in [0.1, 0.15) is 18.1 Å². The van der Waals surface area contributed by atoms with Crippen LogP contribution >= 0.6 is 15.9 Å². The van der Waals surface area contributed by atoms with E-state index < -0.39 is 0 Å². The Hall–Kier alpha value is -0.740. The van der Waals surface area contributed by atoms with Crippen LogP contribution in [0, 0.1) is 0 Å². The molecule has 0 aliphatic heterocycles. The molecule has 0 heterocycles. The molecule has 1 atom stereocenters. The molecule has 1 rings (SSSR count). The van der Waals surface area contributed by atoms with E-state index in [4.69, 9.17) is 9.47 Å². The second-order valence-corrected chi connectivity index (χ2v) is 4.66. The van der Waals surface area contributed by atoms with E-state index in [9.17, 15) is 0 Å². The van der Waals surface area contributed by atoms with Crippen molar-refractivity contribution >= 4 is 15.9 Å². The van der Waals surface area contributed by atoms with E-state index in [0.717, 1.165) is 23.4 Å². The maximum Gasteiger partial charge on any atom is 0.119 e. The molecule has 0 amide bonds. The minimum absolute atomic E-state index is 0.523. The van der Waals surface area contributed by atoms with E-state index in [-0.39, 0.29) is 0 Å². The zero-order chi connectivity index (χ0) is 12.7. The summed E-state index contributed by atoms with van der Waals surface area (Å²) in [6.07, 6.45) is 0. The van der Waals surface area contributed by atoms with E-state index in [1.807, 2.05) is 24.3 Å². The minimum atomic E-state index is 0.523. The summed E-state index contributed by atoms with van der Waals surface area (Å²) in [5, 5.41) is 0.978. The standard InChI is InChI=1S/C13H20BrNO2/c1-11(10-14)15(2)8-9-17-13-6-4-12(16-3)5-7-13/h4-7,11H,8-10H2,1-3H3. The van der Waals surface area contributed by atoms with Crippen LogP contribution in [0.4, 0.5) is 0 Å². The van der Waals surface area contributed by atoms with Crippen molar-refractivity contribution in [3.8, 4) is 11.5 Å². The molecule has 1 aromatic carbocycles. The SMILES string of the molecule is COc1ccc(OCCN(C)C(C)CBr)cc1. The third-order valence-electron chi connectivity index (χ3n) is 2.75. The van der Waals surface area contributed by atoms with Crippen molar-refractivity contribution in [1.29, 1.82) is 0 Å². The normalized spacial score (nSPS) is 12.5. The molecule has 3 nitrogen and oxygen atoms in total. The first-order valence-corrected chi connectivity index (χ1v) is 6.82. The number of benzene rings is 1. The van der Waals surface area contributed by atoms with Gasteiger partial charge in [-0.15, -0.1) is 0 Å². The number of hydrogen-bond acceptors (Lipinski definition) is 3. The first kappa shape index (κ1) is 14.3. The van der Waals surface area contributed by atoms with Crippen molar-refractivity contribution in [3.63, 3.8) is 0 Å². The first-order chi connectivity index (χ1) is 8.17. The van der Waals surface area contributed by atoms with E-state index in [1.165, 1.54) is 0 Å². The average Bonchev–Trinajstić information content (AvgIpc) is 2.38. The topological polar surface area (TPSA) is 21.7 Å². The van der Waals surface area contributed by atoms with Crippen LogP contribution in [0.1, 0.15) is 6.92 Å². The number of nitrogens with zero attached hydrogens (tertiary/aromatic N) is 1. The highest BCUT2D eigenvalue weighted by Crippen LogP contribution is 2.16. The lowest BCUT2D eigenvalue weighted by atomic mass is 10.3. The van der Waals surface area contributed by atoms with Gasteiger partial charge in [0.05, 0.1) is 7.11 Å². The highest BCUT2D eigenvalue weighted by atomic mass is 79.9. The molecule has 0 N–H and O–H groups in total. The van der Waals surface area contributed by atoms with Gasteiger partial charge >= 0.3 is 0 Å². The van der Waals surface area contributed by atoms with Gasteiger partial charge in [0.2, 0.25) is 0 Å². The predicted octanol–water partition coefficient (Wildman–Crippen LogP) is 2.79. The van der Waals surface area contributed by atoms with Gasteiger partial charge in [-0.05, 0) is 38.2 Å². The summed E-state index contributed by atoms with van der Waals surface area (Å²) in [6.45, 7) is 3.79. The van der Waals surface area contributed by atoms with Crippen LogP contribution in [0.25, 0.3) is 0 Å². The van der Waals surface area contributed by atoms with Gasteiger partial charge in [-0.25, -0.2) is 0 Å². The maximum absolute atomic E-state index is 5.66. The van der Waals surface area contributed by atoms with E-state index in [0.29, 0.717) is 12.6 Å². The quantitative estimate of drug-likeness (QED) is 0.723. The molecular formula is C13H20BrNO2. The Morgan fingerprint density at radius 3 is 2.35 bits per heavy atom. The fraction of sp³-hybridized carbons (Fsp3) is 0.538. The molecule has 0 aliphatic rings. The van der Waals surface area contributed by atoms with Gasteiger partial charge in [0, 0.05) is 17.9 Å². The Bertz CT molecular complexity index is 316. The van der Waals surface area contributed by atoms with E-state index in [1.54, 1.807) is 7.11 Å². The summed E-state index contributed by atoms with van der Waals surface area (Å²) in [6, 6.07) is 8.18. The van der Waals surface area contributed by atoms with Crippen LogP contribution in [0.2, 0.25) is 0 Å². The van der Waals surface area contributed by atoms with Crippen LogP contribution in [-0.2, 0) is 0 Å². The molecule has 0 spiro atoms. The number of likely N-dealkylation sites (N-methyl/N-ethyl adjacent to an activating group) is 1. The Morgan fingerprint density at radius 2 is 1.82 bits per heavy atom. The minimum Gasteiger partial charge on any atom is -0.497 e. The maximum atomic E-state index is 5.66. The second-order valence-electron chi connectivity index (χ2n) is 4.01. The highest BCUT2D eigenvalue weighted by molar-refractivity contribution is 9.09. The van der Waals surface area contributed by atoms with Crippen molar-refractivity contribution in [3.05, 3.63) is 24.3 Å². The van der Waals surface area contributed by atoms with Gasteiger partial charge in [-0.2, -0.15) is 0 Å². The number of hydrogen-bond donors (Lipinski definition) is 0. The molecule has 4 heteroatoms. The van der Waals surface area contributed by atoms with Gasteiger partial charge in [-0.1, -0.05) is 15.9 Å². The van der Waals surface area contributed by atoms with Gasteiger partial charge in [0.15, 0.2) is 0 Å². The van der Waals surface area contributed by atoms with Crippen molar-refractivity contribution in [1.82, 2.24) is 4.90 Å². The van der Waals surface area contributed by atoms with E-state index >= 15 is 0 Å². The molecule has 1 aromatic rings. The zero-order valence-corrected chi connectivity index (χ0v) is 12.2. The van der Waals surface area contributed by atoms with Crippen LogP contribution < -0.4 is 9.47 Å². The lowest BCUT2D eigenvalue weighted by Crippen LogP contribution is -2.33. The average molecular weight is 302 g/mol. The molecule has 0 aliphatic carbocycles. The fourth-order valence-electron chi connectivity index (χ4n) is 1.32. The van der Waals surface area contributed by atoms with Crippen LogP contribution in [0.5, 0.6) is 11.5 Å². The molecule has 17 heavy (non-hydrogen) atoms. The summed E-state index contributed by atoms with van der Waals surface area (Å²) >= 11 is 3.47. The fourth-order valence-corrected chi connectivity index (χ4v) is 1.81. The molecule has 0 fully saturated rings. The Kier molecular flexibility index (Phi) is 6.37. The number of rotatable bonds is 7. The first-order valence-electron chi connectivity index (χ1n) is 5.70. The second kappa shape index (κ2) is 7.56. The summed E-state index contributed by atoms with van der Waals surface area (Å²) in [5.74, 6) is 1.73. The molecule has 0 bridgehead atoms. The highest BCUT2D eigenvalue weighted by Gasteiger charge is 2.06. The monoisotopic (exact) mass is 301 g/mol. The molecule has 0 aromatic heterocycles. The smallest absolute Gasteiger partial charge is 0.119 e. The van der Waals surface area contributed by atoms with Crippen molar-refractivity contribution < 1.29 is 9.47 Å². The Labute approximate surface area is 112 Å². The number of methoxy groups -OCH3 is 1. The largest absolute Gasteiger partial charge is 0.497 e. The third-order valence-corrected chi connectivity index (χ3v) is 3.68. The van der Waals surface area contributed by atoms with Crippen LogP contribution in [-0.4, -0.2) is 43.6 Å². The molecule has 0 saturated heterocycles. The molecular weight excluding hydrogens is 282 g/mol. The molecule has 0 radical (unpaired) electrons. The van der Waals surface area contributed by atoms with Crippen LogP contribution in [0.3, 0.4) is 0 Å². The van der Waals surface area contributed by atoms with Crippen molar-refractivity contribution in [2.24, 2.45) is 0 Å². The number of alkyl halides is 1. The van der Waals surface area contributed by atoms with Gasteiger partial charge in [0.25, 0.3) is 0 Å². The predicted molar refractivity (Wildman–Crippen MR) is 74.4 cm³/mol. The summed E-state index contributed by atoms with van der Waals surface area (Å²) in [7, 11) is 3.76. The van der Waals surface area contributed by atoms with E-state index in [2.05, 4.69) is 34.8 Å². The summed E-state index contributed by atoms with van der Waals surface area (Å²) in [4.78, 5) is 2.26. The zero-order valence-electron chi connectivity index (χ0n) is 10.6. The van der Waals surface area contributed by atoms with Gasteiger partial charge in [-0.3, -0.25) is 4.90 Å². The van der Waals surface area contributed by atoms with Gasteiger partial charge < -0.3 is 9.47 Å². The Morgan fingerprint density at radius 1 is 1.24 bits per heavy atom. The van der Waals surface area contributed by atoms with Crippen molar-refractivity contribution in [2.75, 3.05) is 32.6 Å². The van der Waals surface area contributed by atoms with Crippen LogP contribution in [0.15, 0.2) is 24.3 Å².